The second-order valence-electron chi connectivity index (χ2n) is 5.62. The first-order valence-corrected chi connectivity index (χ1v) is 8.02. The van der Waals surface area contributed by atoms with Gasteiger partial charge >= 0.3 is 0 Å². The highest BCUT2D eigenvalue weighted by Crippen LogP contribution is 2.30. The number of aryl methyl sites for hydroxylation is 1. The van der Waals surface area contributed by atoms with Crippen LogP contribution >= 0.6 is 0 Å². The maximum absolute atomic E-state index is 5.94. The maximum atomic E-state index is 5.94. The number of nitrogens with two attached hydrogens (primary N) is 1. The van der Waals surface area contributed by atoms with E-state index in [9.17, 15) is 0 Å². The molecule has 0 atom stereocenters. The van der Waals surface area contributed by atoms with E-state index in [-0.39, 0.29) is 0 Å². The van der Waals surface area contributed by atoms with Gasteiger partial charge < -0.3 is 10.6 Å². The van der Waals surface area contributed by atoms with Crippen LogP contribution in [-0.4, -0.2) is 23.1 Å². The van der Waals surface area contributed by atoms with Gasteiger partial charge in [0.15, 0.2) is 0 Å². The normalized spacial score (nSPS) is 10.9. The Morgan fingerprint density at radius 1 is 1.00 bits per heavy atom. The van der Waals surface area contributed by atoms with Crippen molar-refractivity contribution in [2.45, 2.75) is 20.8 Å². The van der Waals surface area contributed by atoms with Crippen LogP contribution < -0.4 is 10.6 Å². The molecule has 4 nitrogen and oxygen atoms in total. The Morgan fingerprint density at radius 3 is 2.43 bits per heavy atom. The van der Waals surface area contributed by atoms with Crippen molar-refractivity contribution in [3.63, 3.8) is 0 Å². The van der Waals surface area contributed by atoms with Crippen LogP contribution in [0, 0.1) is 6.92 Å². The van der Waals surface area contributed by atoms with Crippen molar-refractivity contribution in [2.75, 3.05) is 23.7 Å². The van der Waals surface area contributed by atoms with Gasteiger partial charge in [-0.1, -0.05) is 30.3 Å². The largest absolute Gasteiger partial charge is 0.368 e. The SMILES string of the molecule is CCN(CC)c1nc(N)nc2cc(-c3ccccc3C)ccc12. The molecule has 0 aliphatic carbocycles. The lowest BCUT2D eigenvalue weighted by Crippen LogP contribution is -2.23. The van der Waals surface area contributed by atoms with E-state index in [1.807, 2.05) is 0 Å². The van der Waals surface area contributed by atoms with Crippen molar-refractivity contribution >= 4 is 22.7 Å². The van der Waals surface area contributed by atoms with E-state index in [2.05, 4.69) is 78.1 Å². The quantitative estimate of drug-likeness (QED) is 0.790. The van der Waals surface area contributed by atoms with Crippen molar-refractivity contribution in [1.82, 2.24) is 9.97 Å². The smallest absolute Gasteiger partial charge is 0.222 e. The van der Waals surface area contributed by atoms with Crippen LogP contribution in [0.1, 0.15) is 19.4 Å². The van der Waals surface area contributed by atoms with Gasteiger partial charge in [0, 0.05) is 18.5 Å². The number of hydrogen-bond donors (Lipinski definition) is 1. The molecule has 1 heterocycles. The Labute approximate surface area is 137 Å². The van der Waals surface area contributed by atoms with Gasteiger partial charge in [-0.25, -0.2) is 4.98 Å². The predicted molar refractivity (Wildman–Crippen MR) is 97.7 cm³/mol. The molecule has 118 valence electrons. The molecule has 0 radical (unpaired) electrons. The third-order valence-electron chi connectivity index (χ3n) is 4.21. The first-order valence-electron chi connectivity index (χ1n) is 8.02. The van der Waals surface area contributed by atoms with Crippen LogP contribution in [0.3, 0.4) is 0 Å². The first-order chi connectivity index (χ1) is 11.1. The van der Waals surface area contributed by atoms with Crippen LogP contribution in [0.2, 0.25) is 0 Å². The summed E-state index contributed by atoms with van der Waals surface area (Å²) in [4.78, 5) is 11.1. The molecule has 0 saturated carbocycles. The van der Waals surface area contributed by atoms with E-state index in [4.69, 9.17) is 5.73 Å². The van der Waals surface area contributed by atoms with Crippen molar-refractivity contribution in [3.8, 4) is 11.1 Å². The van der Waals surface area contributed by atoms with Crippen LogP contribution in [0.4, 0.5) is 11.8 Å². The summed E-state index contributed by atoms with van der Waals surface area (Å²) in [5.41, 5.74) is 10.4. The number of hydrogen-bond acceptors (Lipinski definition) is 4. The molecule has 0 saturated heterocycles. The molecule has 0 aliphatic rings. The van der Waals surface area contributed by atoms with Gasteiger partial charge in [-0.15, -0.1) is 0 Å². The number of fused-ring (bicyclic) bond motifs is 1. The highest BCUT2D eigenvalue weighted by molar-refractivity contribution is 5.93. The standard InChI is InChI=1S/C19H22N4/c1-4-23(5-2)18-16-11-10-14(12-17(16)21-19(20)22-18)15-9-7-6-8-13(15)3/h6-12H,4-5H2,1-3H3,(H2,20,21,22). The second kappa shape index (κ2) is 6.24. The van der Waals surface area contributed by atoms with E-state index in [1.165, 1.54) is 11.1 Å². The summed E-state index contributed by atoms with van der Waals surface area (Å²) in [5.74, 6) is 1.23. The zero-order valence-electron chi connectivity index (χ0n) is 13.9. The van der Waals surface area contributed by atoms with Crippen molar-refractivity contribution in [2.24, 2.45) is 0 Å². The molecular weight excluding hydrogens is 284 g/mol. The zero-order valence-corrected chi connectivity index (χ0v) is 13.9. The molecule has 23 heavy (non-hydrogen) atoms. The summed E-state index contributed by atoms with van der Waals surface area (Å²) in [6, 6.07) is 14.7. The van der Waals surface area contributed by atoms with Gasteiger partial charge in [-0.05, 0) is 49.6 Å². The summed E-state index contributed by atoms with van der Waals surface area (Å²) < 4.78 is 0. The van der Waals surface area contributed by atoms with Gasteiger partial charge in [-0.3, -0.25) is 0 Å². The van der Waals surface area contributed by atoms with Crippen molar-refractivity contribution < 1.29 is 0 Å². The highest BCUT2D eigenvalue weighted by Gasteiger charge is 2.12. The van der Waals surface area contributed by atoms with Crippen LogP contribution in [-0.2, 0) is 0 Å². The molecule has 2 aromatic carbocycles. The van der Waals surface area contributed by atoms with Gasteiger partial charge in [0.2, 0.25) is 5.95 Å². The molecule has 0 amide bonds. The molecule has 3 rings (SSSR count). The lowest BCUT2D eigenvalue weighted by atomic mass is 9.99. The predicted octanol–water partition coefficient (Wildman–Crippen LogP) is 4.03. The molecule has 0 unspecified atom stereocenters. The average Bonchev–Trinajstić information content (AvgIpc) is 2.55. The molecule has 0 fully saturated rings. The van der Waals surface area contributed by atoms with E-state index in [1.54, 1.807) is 0 Å². The second-order valence-corrected chi connectivity index (χ2v) is 5.62. The summed E-state index contributed by atoms with van der Waals surface area (Å²) in [6.45, 7) is 8.14. The number of rotatable bonds is 4. The Bertz CT molecular complexity index is 838. The number of aromatic nitrogens is 2. The zero-order chi connectivity index (χ0) is 16.4. The number of nitrogen functional groups attached to an aromatic ring is 1. The molecule has 2 N–H and O–H groups in total. The molecule has 0 aliphatic heterocycles. The lowest BCUT2D eigenvalue weighted by molar-refractivity contribution is 0.850. The van der Waals surface area contributed by atoms with Gasteiger partial charge in [-0.2, -0.15) is 4.98 Å². The topological polar surface area (TPSA) is 55.0 Å². The maximum Gasteiger partial charge on any atom is 0.222 e. The first kappa shape index (κ1) is 15.3. The van der Waals surface area contributed by atoms with Crippen molar-refractivity contribution in [3.05, 3.63) is 48.0 Å². The third-order valence-corrected chi connectivity index (χ3v) is 4.21. The molecule has 0 spiro atoms. The molecule has 3 aromatic rings. The molecular formula is C19H22N4. The number of nitrogens with zero attached hydrogens (tertiary/aromatic N) is 3. The fourth-order valence-electron chi connectivity index (χ4n) is 2.96. The molecule has 0 bridgehead atoms. The van der Waals surface area contributed by atoms with E-state index >= 15 is 0 Å². The third kappa shape index (κ3) is 2.84. The minimum Gasteiger partial charge on any atom is -0.368 e. The minimum absolute atomic E-state index is 0.321. The summed E-state index contributed by atoms with van der Waals surface area (Å²) in [7, 11) is 0. The van der Waals surface area contributed by atoms with Crippen LogP contribution in [0.15, 0.2) is 42.5 Å². The monoisotopic (exact) mass is 306 g/mol. The number of anilines is 2. The van der Waals surface area contributed by atoms with E-state index < -0.39 is 0 Å². The minimum atomic E-state index is 0.321. The van der Waals surface area contributed by atoms with Gasteiger partial charge in [0.05, 0.1) is 5.52 Å². The van der Waals surface area contributed by atoms with Crippen LogP contribution in [0.5, 0.6) is 0 Å². The fourth-order valence-corrected chi connectivity index (χ4v) is 2.96. The Morgan fingerprint density at radius 2 is 1.74 bits per heavy atom. The fraction of sp³-hybridized carbons (Fsp3) is 0.263. The van der Waals surface area contributed by atoms with Gasteiger partial charge in [0.25, 0.3) is 0 Å². The van der Waals surface area contributed by atoms with Gasteiger partial charge in [0.1, 0.15) is 5.82 Å². The number of benzene rings is 2. The highest BCUT2D eigenvalue weighted by atomic mass is 15.2. The summed E-state index contributed by atoms with van der Waals surface area (Å²) in [6.07, 6.45) is 0. The lowest BCUT2D eigenvalue weighted by Gasteiger charge is -2.21. The molecule has 1 aromatic heterocycles. The Kier molecular flexibility index (Phi) is 4.15. The van der Waals surface area contributed by atoms with Crippen molar-refractivity contribution in [1.29, 1.82) is 0 Å². The van der Waals surface area contributed by atoms with E-state index in [0.29, 0.717) is 5.95 Å². The summed E-state index contributed by atoms with van der Waals surface area (Å²) in [5, 5.41) is 1.04. The Balaban J connectivity index is 2.20. The summed E-state index contributed by atoms with van der Waals surface area (Å²) >= 11 is 0. The van der Waals surface area contributed by atoms with Crippen LogP contribution in [0.25, 0.3) is 22.0 Å². The Hall–Kier alpha value is -2.62. The van der Waals surface area contributed by atoms with E-state index in [0.717, 1.165) is 35.4 Å². The average molecular weight is 306 g/mol. The molecule has 4 heteroatoms.